The Morgan fingerprint density at radius 3 is 2.70 bits per heavy atom. The van der Waals surface area contributed by atoms with Crippen molar-refractivity contribution in [1.82, 2.24) is 19.7 Å². The van der Waals surface area contributed by atoms with Gasteiger partial charge in [0.25, 0.3) is 0 Å². The molecule has 0 unspecified atom stereocenters. The summed E-state index contributed by atoms with van der Waals surface area (Å²) < 4.78 is 41.5. The van der Waals surface area contributed by atoms with Crippen LogP contribution in [0.15, 0.2) is 47.6 Å². The van der Waals surface area contributed by atoms with Gasteiger partial charge < -0.3 is 0 Å². The van der Waals surface area contributed by atoms with E-state index in [-0.39, 0.29) is 18.7 Å². The van der Waals surface area contributed by atoms with Crippen molar-refractivity contribution < 1.29 is 18.0 Å². The molecule has 0 aliphatic carbocycles. The molecule has 0 atom stereocenters. The van der Waals surface area contributed by atoms with Gasteiger partial charge in [0.2, 0.25) is 0 Å². The molecule has 3 aromatic rings. The molecule has 1 aliphatic rings. The molecule has 0 fully saturated rings. The molecule has 0 saturated carbocycles. The van der Waals surface area contributed by atoms with Gasteiger partial charge in [-0.25, -0.2) is 5.90 Å². The monoisotopic (exact) mass is 374 g/mol. The van der Waals surface area contributed by atoms with Crippen LogP contribution in [-0.2, 0) is 24.2 Å². The van der Waals surface area contributed by atoms with Crippen molar-refractivity contribution in [3.8, 4) is 5.69 Å². The molecule has 0 spiro atoms. The van der Waals surface area contributed by atoms with Crippen LogP contribution in [0.4, 0.5) is 13.2 Å². The number of nitrogens with zero attached hydrogens (tertiary/aromatic N) is 5. The van der Waals surface area contributed by atoms with Crippen molar-refractivity contribution in [1.29, 1.82) is 0 Å². The molecule has 2 aromatic heterocycles. The summed E-state index contributed by atoms with van der Waals surface area (Å²) in [5, 5.41) is 8.06. The summed E-state index contributed by atoms with van der Waals surface area (Å²) in [4.78, 5) is 13.3. The predicted octanol–water partition coefficient (Wildman–Crippen LogP) is 2.42. The second kappa shape index (κ2) is 6.56. The van der Waals surface area contributed by atoms with Crippen LogP contribution in [0.2, 0.25) is 0 Å². The van der Waals surface area contributed by atoms with E-state index in [0.29, 0.717) is 28.7 Å². The van der Waals surface area contributed by atoms with E-state index in [0.717, 1.165) is 12.1 Å². The van der Waals surface area contributed by atoms with Crippen LogP contribution in [0, 0.1) is 0 Å². The topological polar surface area (TPSA) is 91.2 Å². The lowest BCUT2D eigenvalue weighted by Gasteiger charge is -2.15. The Kier molecular flexibility index (Phi) is 4.21. The lowest BCUT2D eigenvalue weighted by molar-refractivity contribution is -0.137. The van der Waals surface area contributed by atoms with Crippen LogP contribution in [-0.4, -0.2) is 25.5 Å². The summed E-state index contributed by atoms with van der Waals surface area (Å²) in [7, 11) is 0. The highest BCUT2D eigenvalue weighted by atomic mass is 19.4. The van der Waals surface area contributed by atoms with Crippen molar-refractivity contribution >= 4 is 5.71 Å². The first kappa shape index (κ1) is 17.3. The van der Waals surface area contributed by atoms with E-state index < -0.39 is 11.7 Å². The highest BCUT2D eigenvalue weighted by molar-refractivity contribution is 6.14. The Morgan fingerprint density at radius 2 is 2.00 bits per heavy atom. The summed E-state index contributed by atoms with van der Waals surface area (Å²) in [6.45, 7) is 0.0753. The van der Waals surface area contributed by atoms with Crippen molar-refractivity contribution in [2.45, 2.75) is 19.3 Å². The van der Waals surface area contributed by atoms with Crippen LogP contribution < -0.4 is 5.90 Å². The quantitative estimate of drug-likeness (QED) is 0.711. The Balaban J connectivity index is 1.98. The van der Waals surface area contributed by atoms with E-state index >= 15 is 0 Å². The largest absolute Gasteiger partial charge is 0.416 e. The van der Waals surface area contributed by atoms with E-state index in [1.165, 1.54) is 6.07 Å². The molecule has 4 rings (SSSR count). The smallest absolute Gasteiger partial charge is 0.296 e. The fraction of sp³-hybridized carbons (Fsp3) is 0.176. The fourth-order valence-corrected chi connectivity index (χ4v) is 2.96. The first-order valence-corrected chi connectivity index (χ1v) is 7.91. The van der Waals surface area contributed by atoms with E-state index in [2.05, 4.69) is 25.0 Å². The number of aliphatic imine (C=N–C) groups is 1. The van der Waals surface area contributed by atoms with Crippen LogP contribution >= 0.6 is 0 Å². The molecule has 0 bridgehead atoms. The number of benzene rings is 1. The third-order valence-corrected chi connectivity index (χ3v) is 4.12. The van der Waals surface area contributed by atoms with Gasteiger partial charge in [0, 0.05) is 11.8 Å². The number of aromatic nitrogens is 4. The summed E-state index contributed by atoms with van der Waals surface area (Å²) in [5.74, 6) is 5.98. The van der Waals surface area contributed by atoms with Crippen molar-refractivity contribution in [2.24, 2.45) is 10.9 Å². The second-order valence-electron chi connectivity index (χ2n) is 5.79. The Bertz CT molecular complexity index is 1010. The lowest BCUT2D eigenvalue weighted by atomic mass is 10.0. The number of nitrogens with two attached hydrogens (primary N) is 1. The standard InChI is InChI=1S/C17H13F3N6O/c18-17(19,20)10-4-5-13-11(7-10)16(12-3-1-2-6-22-12)23-8-14-24-25-15(9-27-21)26(13)14/h1-7H,8-9,21H2. The average molecular weight is 374 g/mol. The number of halogens is 3. The third-order valence-electron chi connectivity index (χ3n) is 4.12. The van der Waals surface area contributed by atoms with Crippen LogP contribution in [0.25, 0.3) is 5.69 Å². The Hall–Kier alpha value is -3.11. The molecule has 10 heteroatoms. The number of rotatable bonds is 3. The highest BCUT2D eigenvalue weighted by Crippen LogP contribution is 2.34. The van der Waals surface area contributed by atoms with Crippen molar-refractivity contribution in [3.05, 3.63) is 71.1 Å². The van der Waals surface area contributed by atoms with E-state index in [1.807, 2.05) is 0 Å². The van der Waals surface area contributed by atoms with Gasteiger partial charge in [-0.1, -0.05) is 6.07 Å². The molecule has 2 N–H and O–H groups in total. The molecular formula is C17H13F3N6O. The highest BCUT2D eigenvalue weighted by Gasteiger charge is 2.33. The van der Waals surface area contributed by atoms with Gasteiger partial charge in [-0.3, -0.25) is 19.4 Å². The fourth-order valence-electron chi connectivity index (χ4n) is 2.96. The second-order valence-corrected chi connectivity index (χ2v) is 5.79. The number of alkyl halides is 3. The van der Waals surface area contributed by atoms with Crippen LogP contribution in [0.1, 0.15) is 28.5 Å². The number of pyridine rings is 1. The van der Waals surface area contributed by atoms with Gasteiger partial charge in [-0.2, -0.15) is 13.2 Å². The Morgan fingerprint density at radius 1 is 1.15 bits per heavy atom. The maximum absolute atomic E-state index is 13.3. The summed E-state index contributed by atoms with van der Waals surface area (Å²) in [5.41, 5.74) is 0.769. The predicted molar refractivity (Wildman–Crippen MR) is 88.9 cm³/mol. The van der Waals surface area contributed by atoms with Crippen LogP contribution in [0.5, 0.6) is 0 Å². The van der Waals surface area contributed by atoms with Gasteiger partial charge in [0.05, 0.1) is 22.7 Å². The van der Waals surface area contributed by atoms with Gasteiger partial charge in [0.1, 0.15) is 13.2 Å². The molecule has 27 heavy (non-hydrogen) atoms. The molecule has 1 aliphatic heterocycles. The SMILES string of the molecule is NOCc1nnc2n1-c1ccc(C(F)(F)F)cc1C(c1ccccn1)=NC2. The molecule has 0 amide bonds. The first-order valence-electron chi connectivity index (χ1n) is 7.91. The normalized spacial score (nSPS) is 13.6. The van der Waals surface area contributed by atoms with Gasteiger partial charge in [-0.15, -0.1) is 10.2 Å². The lowest BCUT2D eigenvalue weighted by Crippen LogP contribution is -2.14. The molecule has 0 radical (unpaired) electrons. The summed E-state index contributed by atoms with van der Waals surface area (Å²) in [6.07, 6.45) is -2.93. The molecular weight excluding hydrogens is 361 g/mol. The Labute approximate surface area is 151 Å². The molecule has 138 valence electrons. The van der Waals surface area contributed by atoms with Gasteiger partial charge in [0.15, 0.2) is 11.6 Å². The first-order chi connectivity index (χ1) is 13.0. The van der Waals surface area contributed by atoms with Crippen molar-refractivity contribution in [3.63, 3.8) is 0 Å². The zero-order valence-corrected chi connectivity index (χ0v) is 13.8. The van der Waals surface area contributed by atoms with Crippen molar-refractivity contribution in [2.75, 3.05) is 0 Å². The van der Waals surface area contributed by atoms with E-state index in [4.69, 9.17) is 5.90 Å². The van der Waals surface area contributed by atoms with Gasteiger partial charge in [-0.05, 0) is 30.3 Å². The summed E-state index contributed by atoms with van der Waals surface area (Å²) >= 11 is 0. The molecule has 7 nitrogen and oxygen atoms in total. The van der Waals surface area contributed by atoms with E-state index in [1.54, 1.807) is 29.0 Å². The minimum absolute atomic E-state index is 0.0492. The maximum Gasteiger partial charge on any atom is 0.416 e. The van der Waals surface area contributed by atoms with Gasteiger partial charge >= 0.3 is 6.18 Å². The van der Waals surface area contributed by atoms with Crippen LogP contribution in [0.3, 0.4) is 0 Å². The molecule has 0 saturated heterocycles. The average Bonchev–Trinajstić information content (AvgIpc) is 2.97. The zero-order valence-electron chi connectivity index (χ0n) is 13.8. The maximum atomic E-state index is 13.3. The third kappa shape index (κ3) is 3.09. The van der Waals surface area contributed by atoms with E-state index in [9.17, 15) is 13.2 Å². The number of hydrogen-bond donors (Lipinski definition) is 1. The minimum atomic E-state index is -4.49. The number of fused-ring (bicyclic) bond motifs is 3. The zero-order chi connectivity index (χ0) is 19.0. The molecule has 1 aromatic carbocycles. The molecule has 3 heterocycles. The number of hydrogen-bond acceptors (Lipinski definition) is 6. The summed E-state index contributed by atoms with van der Waals surface area (Å²) in [6, 6.07) is 8.60. The minimum Gasteiger partial charge on any atom is -0.296 e.